The summed E-state index contributed by atoms with van der Waals surface area (Å²) in [5, 5.41) is 7.10. The van der Waals surface area contributed by atoms with E-state index in [-0.39, 0.29) is 5.91 Å². The summed E-state index contributed by atoms with van der Waals surface area (Å²) in [5.74, 6) is 0.327. The zero-order chi connectivity index (χ0) is 20.2. The van der Waals surface area contributed by atoms with Gasteiger partial charge in [0.25, 0.3) is 5.91 Å². The number of nitrogens with one attached hydrogen (secondary N) is 2. The second-order valence-corrected chi connectivity index (χ2v) is 6.83. The molecule has 0 saturated heterocycles. The molecule has 5 nitrogen and oxygen atoms in total. The van der Waals surface area contributed by atoms with Crippen LogP contribution in [0.2, 0.25) is 10.0 Å². The molecule has 0 saturated carbocycles. The summed E-state index contributed by atoms with van der Waals surface area (Å²) in [7, 11) is 0. The predicted octanol–water partition coefficient (Wildman–Crippen LogP) is 4.55. The third-order valence-corrected chi connectivity index (χ3v) is 4.48. The van der Waals surface area contributed by atoms with Gasteiger partial charge in [0, 0.05) is 13.1 Å². The number of aliphatic imine (C=N–C) groups is 1. The molecular weight excluding hydrogens is 383 g/mol. The Morgan fingerprint density at radius 1 is 1.26 bits per heavy atom. The quantitative estimate of drug-likeness (QED) is 0.390. The van der Waals surface area contributed by atoms with Gasteiger partial charge < -0.3 is 16.4 Å². The second-order valence-electron chi connectivity index (χ2n) is 6.02. The van der Waals surface area contributed by atoms with E-state index in [1.54, 1.807) is 19.1 Å². The normalized spacial score (nSPS) is 12.9. The number of hydrogen-bond donors (Lipinski definition) is 3. The van der Waals surface area contributed by atoms with Crippen LogP contribution in [0.5, 0.6) is 0 Å². The van der Waals surface area contributed by atoms with Gasteiger partial charge in [-0.05, 0) is 55.3 Å². The number of carbonyl (C=O) groups is 1. The van der Waals surface area contributed by atoms with Crippen molar-refractivity contribution in [1.82, 2.24) is 10.6 Å². The topological polar surface area (TPSA) is 79.5 Å². The van der Waals surface area contributed by atoms with Crippen molar-refractivity contribution in [3.05, 3.63) is 57.5 Å². The number of benzene rings is 1. The molecule has 0 heterocycles. The van der Waals surface area contributed by atoms with Crippen LogP contribution >= 0.6 is 23.2 Å². The maximum Gasteiger partial charge on any atom is 0.275 e. The van der Waals surface area contributed by atoms with Gasteiger partial charge in [-0.1, -0.05) is 49.5 Å². The first-order valence-corrected chi connectivity index (χ1v) is 9.81. The Labute approximate surface area is 171 Å². The van der Waals surface area contributed by atoms with Gasteiger partial charge in [0.05, 0.1) is 10.0 Å². The number of rotatable bonds is 10. The second kappa shape index (κ2) is 12.4. The first-order chi connectivity index (χ1) is 12.9. The lowest BCUT2D eigenvalue weighted by molar-refractivity contribution is -0.114. The molecule has 0 bridgehead atoms. The molecule has 0 aromatic heterocycles. The highest BCUT2D eigenvalue weighted by Gasteiger charge is 2.14. The van der Waals surface area contributed by atoms with Gasteiger partial charge >= 0.3 is 0 Å². The van der Waals surface area contributed by atoms with E-state index in [0.29, 0.717) is 40.2 Å². The Hall–Kier alpha value is -1.98. The number of unbranched alkanes of at least 4 members (excludes halogenated alkanes) is 1. The molecule has 1 amide bonds. The molecular formula is C20H28Cl2N4O. The van der Waals surface area contributed by atoms with Gasteiger partial charge in [0.1, 0.15) is 11.5 Å². The molecule has 4 N–H and O–H groups in total. The number of halogens is 2. The highest BCUT2D eigenvalue weighted by molar-refractivity contribution is 6.45. The van der Waals surface area contributed by atoms with E-state index in [1.807, 2.05) is 19.1 Å². The molecule has 0 atom stereocenters. The molecule has 0 aliphatic rings. The predicted molar refractivity (Wildman–Crippen MR) is 115 cm³/mol. The molecule has 1 aromatic carbocycles. The van der Waals surface area contributed by atoms with Gasteiger partial charge in [-0.3, -0.25) is 9.79 Å². The Bertz CT molecular complexity index is 727. The molecule has 27 heavy (non-hydrogen) atoms. The minimum atomic E-state index is -0.286. The van der Waals surface area contributed by atoms with Crippen molar-refractivity contribution in [2.24, 2.45) is 10.7 Å². The van der Waals surface area contributed by atoms with Crippen molar-refractivity contribution >= 4 is 34.8 Å². The Morgan fingerprint density at radius 2 is 2.00 bits per heavy atom. The summed E-state index contributed by atoms with van der Waals surface area (Å²) in [5.41, 5.74) is 7.54. The summed E-state index contributed by atoms with van der Waals surface area (Å²) in [6.45, 7) is 6.94. The van der Waals surface area contributed by atoms with Gasteiger partial charge in [-0.15, -0.1) is 0 Å². The SMILES string of the molecule is CCC=C(NCc1ccc(Cl)c(Cl)c1)NC(=O)C(=NCCCC)C(C)=CN. The van der Waals surface area contributed by atoms with Crippen molar-refractivity contribution in [1.29, 1.82) is 0 Å². The van der Waals surface area contributed by atoms with Crippen LogP contribution in [-0.4, -0.2) is 18.2 Å². The van der Waals surface area contributed by atoms with Crippen LogP contribution in [0.15, 0.2) is 46.9 Å². The highest BCUT2D eigenvalue weighted by Crippen LogP contribution is 2.22. The maximum atomic E-state index is 12.7. The van der Waals surface area contributed by atoms with Crippen molar-refractivity contribution in [3.8, 4) is 0 Å². The lowest BCUT2D eigenvalue weighted by Gasteiger charge is -2.14. The minimum absolute atomic E-state index is 0.286. The van der Waals surface area contributed by atoms with Crippen molar-refractivity contribution in [2.45, 2.75) is 46.6 Å². The van der Waals surface area contributed by atoms with E-state index in [2.05, 4.69) is 22.5 Å². The molecule has 0 aliphatic heterocycles. The van der Waals surface area contributed by atoms with Crippen molar-refractivity contribution in [3.63, 3.8) is 0 Å². The molecule has 0 fully saturated rings. The van der Waals surface area contributed by atoms with Gasteiger partial charge in [0.15, 0.2) is 0 Å². The number of nitrogens with two attached hydrogens (primary N) is 1. The fraction of sp³-hybridized carbons (Fsp3) is 0.400. The largest absolute Gasteiger partial charge is 0.404 e. The zero-order valence-electron chi connectivity index (χ0n) is 16.1. The molecule has 148 valence electrons. The lowest BCUT2D eigenvalue weighted by atomic mass is 10.1. The average Bonchev–Trinajstić information content (AvgIpc) is 2.65. The summed E-state index contributed by atoms with van der Waals surface area (Å²) in [6, 6.07) is 5.42. The number of amides is 1. The molecule has 0 unspecified atom stereocenters. The number of hydrogen-bond acceptors (Lipinski definition) is 4. The fourth-order valence-corrected chi connectivity index (χ4v) is 2.52. The number of nitrogens with zero attached hydrogens (tertiary/aromatic N) is 1. The third-order valence-electron chi connectivity index (χ3n) is 3.74. The Kier molecular flexibility index (Phi) is 10.6. The molecule has 1 aromatic rings. The first kappa shape index (κ1) is 23.1. The van der Waals surface area contributed by atoms with E-state index in [1.165, 1.54) is 6.20 Å². The van der Waals surface area contributed by atoms with Crippen LogP contribution in [0.3, 0.4) is 0 Å². The van der Waals surface area contributed by atoms with Crippen LogP contribution in [0, 0.1) is 0 Å². The van der Waals surface area contributed by atoms with Crippen molar-refractivity contribution < 1.29 is 4.79 Å². The van der Waals surface area contributed by atoms with Crippen molar-refractivity contribution in [2.75, 3.05) is 6.54 Å². The fourth-order valence-electron chi connectivity index (χ4n) is 2.20. The lowest BCUT2D eigenvalue weighted by Crippen LogP contribution is -2.36. The van der Waals surface area contributed by atoms with Crippen LogP contribution < -0.4 is 16.4 Å². The monoisotopic (exact) mass is 410 g/mol. The van der Waals surface area contributed by atoms with E-state index in [4.69, 9.17) is 28.9 Å². The van der Waals surface area contributed by atoms with Crippen LogP contribution in [-0.2, 0) is 11.3 Å². The van der Waals surface area contributed by atoms with Gasteiger partial charge in [-0.25, -0.2) is 0 Å². The summed E-state index contributed by atoms with van der Waals surface area (Å²) in [4.78, 5) is 17.1. The van der Waals surface area contributed by atoms with E-state index in [0.717, 1.165) is 24.8 Å². The van der Waals surface area contributed by atoms with Gasteiger partial charge in [0.2, 0.25) is 0 Å². The smallest absolute Gasteiger partial charge is 0.275 e. The Balaban J connectivity index is 2.84. The zero-order valence-corrected chi connectivity index (χ0v) is 17.6. The van der Waals surface area contributed by atoms with Gasteiger partial charge in [-0.2, -0.15) is 0 Å². The maximum absolute atomic E-state index is 12.7. The highest BCUT2D eigenvalue weighted by atomic mass is 35.5. The molecule has 0 spiro atoms. The first-order valence-electron chi connectivity index (χ1n) is 9.05. The molecule has 0 aliphatic carbocycles. The van der Waals surface area contributed by atoms with Crippen LogP contribution in [0.1, 0.15) is 45.6 Å². The van der Waals surface area contributed by atoms with Crippen LogP contribution in [0.4, 0.5) is 0 Å². The molecule has 7 heteroatoms. The standard InChI is InChI=1S/C20H28Cl2N4O/c1-4-6-10-24-19(14(3)12-23)20(27)26-18(7-5-2)25-13-15-8-9-16(21)17(22)11-15/h7-9,11-12,25H,4-6,10,13,23H2,1-3H3,(H,26,27). The summed E-state index contributed by atoms with van der Waals surface area (Å²) < 4.78 is 0. The van der Waals surface area contributed by atoms with E-state index in [9.17, 15) is 4.79 Å². The third kappa shape index (κ3) is 8.06. The van der Waals surface area contributed by atoms with Crippen LogP contribution in [0.25, 0.3) is 0 Å². The average molecular weight is 411 g/mol. The van der Waals surface area contributed by atoms with E-state index >= 15 is 0 Å². The number of allylic oxidation sites excluding steroid dienone is 1. The molecule has 1 rings (SSSR count). The summed E-state index contributed by atoms with van der Waals surface area (Å²) >= 11 is 12.0. The number of carbonyl (C=O) groups excluding carboxylic acids is 1. The van der Waals surface area contributed by atoms with E-state index < -0.39 is 0 Å². The summed E-state index contributed by atoms with van der Waals surface area (Å²) in [6.07, 6.45) is 5.99. The molecule has 0 radical (unpaired) electrons. The Morgan fingerprint density at radius 3 is 2.59 bits per heavy atom. The minimum Gasteiger partial charge on any atom is -0.404 e.